The summed E-state index contributed by atoms with van der Waals surface area (Å²) in [5.74, 6) is 1.01. The van der Waals surface area contributed by atoms with Crippen LogP contribution in [0.5, 0.6) is 0 Å². The summed E-state index contributed by atoms with van der Waals surface area (Å²) in [5.41, 5.74) is 0.500. The Morgan fingerprint density at radius 2 is 2.26 bits per heavy atom. The van der Waals surface area contributed by atoms with Crippen LogP contribution in [0.15, 0.2) is 10.5 Å². The molecule has 0 saturated heterocycles. The summed E-state index contributed by atoms with van der Waals surface area (Å²) in [6.07, 6.45) is 2.47. The van der Waals surface area contributed by atoms with Gasteiger partial charge in [-0.3, -0.25) is 0 Å². The van der Waals surface area contributed by atoms with Gasteiger partial charge in [-0.15, -0.1) is 0 Å². The molecule has 0 unspecified atom stereocenters. The third-order valence-corrected chi connectivity index (χ3v) is 3.44. The molecule has 5 heteroatoms. The van der Waals surface area contributed by atoms with Crippen LogP contribution in [0.2, 0.25) is 0 Å². The van der Waals surface area contributed by atoms with Gasteiger partial charge in [0.25, 0.3) is 0 Å². The monoisotopic (exact) mass is 267 g/mol. The Balaban J connectivity index is 1.80. The van der Waals surface area contributed by atoms with Gasteiger partial charge in [0.1, 0.15) is 17.1 Å². The molecule has 2 rings (SSSR count). The van der Waals surface area contributed by atoms with Gasteiger partial charge in [-0.05, 0) is 32.8 Å². The zero-order chi connectivity index (χ0) is 13.8. The van der Waals surface area contributed by atoms with E-state index >= 15 is 0 Å². The van der Waals surface area contributed by atoms with Crippen molar-refractivity contribution in [3.63, 3.8) is 0 Å². The van der Waals surface area contributed by atoms with Crippen molar-refractivity contribution in [2.45, 2.75) is 45.4 Å². The van der Waals surface area contributed by atoms with Gasteiger partial charge in [0.05, 0.1) is 19.8 Å². The lowest BCUT2D eigenvalue weighted by molar-refractivity contribution is -0.0105. The van der Waals surface area contributed by atoms with E-state index in [2.05, 4.69) is 5.32 Å². The maximum Gasteiger partial charge on any atom is 0.341 e. The van der Waals surface area contributed by atoms with Crippen LogP contribution >= 0.6 is 0 Å². The minimum atomic E-state index is -0.354. The molecule has 1 fully saturated rings. The Hall–Kier alpha value is -1.33. The summed E-state index contributed by atoms with van der Waals surface area (Å²) in [6, 6.07) is 2.22. The molecule has 1 aliphatic carbocycles. The molecule has 0 aromatic carbocycles. The van der Waals surface area contributed by atoms with Gasteiger partial charge in [0.2, 0.25) is 0 Å². The van der Waals surface area contributed by atoms with Crippen LogP contribution in [0.4, 0.5) is 0 Å². The molecule has 19 heavy (non-hydrogen) atoms. The number of nitrogens with one attached hydrogen (secondary N) is 1. The van der Waals surface area contributed by atoms with Gasteiger partial charge in [-0.1, -0.05) is 0 Å². The van der Waals surface area contributed by atoms with Crippen molar-refractivity contribution in [2.24, 2.45) is 0 Å². The average molecular weight is 267 g/mol. The topological polar surface area (TPSA) is 60.7 Å². The normalized spacial score (nSPS) is 22.1. The smallest absolute Gasteiger partial charge is 0.341 e. The molecule has 0 radical (unpaired) electrons. The first-order valence-electron chi connectivity index (χ1n) is 6.66. The first kappa shape index (κ1) is 14.1. The first-order valence-corrected chi connectivity index (χ1v) is 6.66. The number of hydrogen-bond donors (Lipinski definition) is 1. The Kier molecular flexibility index (Phi) is 4.61. The van der Waals surface area contributed by atoms with Crippen LogP contribution in [-0.4, -0.2) is 31.8 Å². The van der Waals surface area contributed by atoms with Crippen molar-refractivity contribution in [1.82, 2.24) is 5.32 Å². The molecule has 0 amide bonds. The Bertz CT molecular complexity index is 435. The lowest BCUT2D eigenvalue weighted by atomic mass is 9.89. The van der Waals surface area contributed by atoms with Crippen molar-refractivity contribution in [3.05, 3.63) is 23.2 Å². The highest BCUT2D eigenvalue weighted by molar-refractivity contribution is 5.90. The SMILES string of the molecule is CCOC1CC(NCc2cc(C(=O)OC)c(C)o2)C1. The summed E-state index contributed by atoms with van der Waals surface area (Å²) in [7, 11) is 1.37. The summed E-state index contributed by atoms with van der Waals surface area (Å²) in [4.78, 5) is 11.4. The third-order valence-electron chi connectivity index (χ3n) is 3.44. The maximum absolute atomic E-state index is 11.4. The molecule has 5 nitrogen and oxygen atoms in total. The Morgan fingerprint density at radius 3 is 2.89 bits per heavy atom. The van der Waals surface area contributed by atoms with Crippen LogP contribution in [-0.2, 0) is 16.0 Å². The predicted octanol–water partition coefficient (Wildman–Crippen LogP) is 2.03. The standard InChI is InChI=1S/C14H21NO4/c1-4-18-11-5-10(6-11)15-8-12-7-13(9(2)19-12)14(16)17-3/h7,10-11,15H,4-6,8H2,1-3H3. The summed E-state index contributed by atoms with van der Waals surface area (Å²) >= 11 is 0. The number of hydrogen-bond acceptors (Lipinski definition) is 5. The van der Waals surface area contributed by atoms with Crippen molar-refractivity contribution in [2.75, 3.05) is 13.7 Å². The van der Waals surface area contributed by atoms with Gasteiger partial charge in [-0.25, -0.2) is 4.79 Å². The van der Waals surface area contributed by atoms with Gasteiger partial charge >= 0.3 is 5.97 Å². The van der Waals surface area contributed by atoms with Crippen LogP contribution < -0.4 is 5.32 Å². The van der Waals surface area contributed by atoms with E-state index in [-0.39, 0.29) is 5.97 Å². The van der Waals surface area contributed by atoms with Crippen molar-refractivity contribution >= 4 is 5.97 Å². The highest BCUT2D eigenvalue weighted by Crippen LogP contribution is 2.24. The number of aryl methyl sites for hydroxylation is 1. The lowest BCUT2D eigenvalue weighted by Gasteiger charge is -2.35. The fourth-order valence-electron chi connectivity index (χ4n) is 2.29. The number of esters is 1. The van der Waals surface area contributed by atoms with E-state index in [1.165, 1.54) is 7.11 Å². The average Bonchev–Trinajstić information content (AvgIpc) is 2.72. The Labute approximate surface area is 113 Å². The van der Waals surface area contributed by atoms with E-state index in [1.807, 2.05) is 6.92 Å². The van der Waals surface area contributed by atoms with E-state index in [0.29, 0.717) is 30.0 Å². The number of carbonyl (C=O) groups is 1. The summed E-state index contributed by atoms with van der Waals surface area (Å²) < 4.78 is 15.7. The molecule has 0 atom stereocenters. The number of carbonyl (C=O) groups excluding carboxylic acids is 1. The van der Waals surface area contributed by atoms with E-state index in [1.54, 1.807) is 13.0 Å². The fraction of sp³-hybridized carbons (Fsp3) is 0.643. The molecule has 1 aromatic rings. The largest absolute Gasteiger partial charge is 0.465 e. The molecule has 1 aliphatic rings. The quantitative estimate of drug-likeness (QED) is 0.799. The summed E-state index contributed by atoms with van der Waals surface area (Å²) in [5, 5.41) is 3.40. The molecule has 106 valence electrons. The van der Waals surface area contributed by atoms with Crippen LogP contribution in [0.25, 0.3) is 0 Å². The van der Waals surface area contributed by atoms with Gasteiger partial charge in [0.15, 0.2) is 0 Å². The van der Waals surface area contributed by atoms with Gasteiger partial charge in [0, 0.05) is 12.6 Å². The van der Waals surface area contributed by atoms with Crippen molar-refractivity contribution in [3.8, 4) is 0 Å². The zero-order valence-electron chi connectivity index (χ0n) is 11.7. The van der Waals surface area contributed by atoms with Crippen LogP contribution in [0, 0.1) is 6.92 Å². The second-order valence-corrected chi connectivity index (χ2v) is 4.80. The van der Waals surface area contributed by atoms with Crippen LogP contribution in [0.3, 0.4) is 0 Å². The van der Waals surface area contributed by atoms with E-state index in [0.717, 1.165) is 25.2 Å². The highest BCUT2D eigenvalue weighted by atomic mass is 16.5. The second-order valence-electron chi connectivity index (χ2n) is 4.80. The molecule has 1 aromatic heterocycles. The molecular weight excluding hydrogens is 246 g/mol. The predicted molar refractivity (Wildman–Crippen MR) is 70.1 cm³/mol. The van der Waals surface area contributed by atoms with Gasteiger partial charge in [-0.2, -0.15) is 0 Å². The van der Waals surface area contributed by atoms with Crippen LogP contribution in [0.1, 0.15) is 41.6 Å². The molecule has 0 bridgehead atoms. The second kappa shape index (κ2) is 6.21. The van der Waals surface area contributed by atoms with E-state index in [4.69, 9.17) is 13.9 Å². The molecule has 0 spiro atoms. The lowest BCUT2D eigenvalue weighted by Crippen LogP contribution is -2.45. The zero-order valence-corrected chi connectivity index (χ0v) is 11.7. The molecule has 0 aliphatic heterocycles. The van der Waals surface area contributed by atoms with Crippen molar-refractivity contribution in [1.29, 1.82) is 0 Å². The third kappa shape index (κ3) is 3.36. The van der Waals surface area contributed by atoms with Crippen molar-refractivity contribution < 1.29 is 18.7 Å². The molecule has 1 heterocycles. The number of rotatable bonds is 6. The minimum absolute atomic E-state index is 0.354. The first-order chi connectivity index (χ1) is 9.13. The maximum atomic E-state index is 11.4. The molecule has 1 N–H and O–H groups in total. The van der Waals surface area contributed by atoms with Gasteiger partial charge < -0.3 is 19.2 Å². The highest BCUT2D eigenvalue weighted by Gasteiger charge is 2.29. The van der Waals surface area contributed by atoms with E-state index < -0.39 is 0 Å². The molecular formula is C14H21NO4. The summed E-state index contributed by atoms with van der Waals surface area (Å²) in [6.45, 7) is 5.18. The molecule has 1 saturated carbocycles. The number of methoxy groups -OCH3 is 1. The number of ether oxygens (including phenoxy) is 2. The number of furan rings is 1. The fourth-order valence-corrected chi connectivity index (χ4v) is 2.29. The van der Waals surface area contributed by atoms with E-state index in [9.17, 15) is 4.79 Å². The Morgan fingerprint density at radius 1 is 1.53 bits per heavy atom. The minimum Gasteiger partial charge on any atom is -0.465 e.